The Morgan fingerprint density at radius 1 is 0.964 bits per heavy atom. The van der Waals surface area contributed by atoms with Crippen molar-refractivity contribution in [3.63, 3.8) is 0 Å². The molecule has 1 atom stereocenters. The molecule has 2 aliphatic heterocycles. The van der Waals surface area contributed by atoms with Crippen LogP contribution in [-0.4, -0.2) is 66.9 Å². The number of benzene rings is 1. The molecule has 0 spiro atoms. The van der Waals surface area contributed by atoms with Crippen LogP contribution in [0.25, 0.3) is 0 Å². The van der Waals surface area contributed by atoms with E-state index in [4.69, 9.17) is 4.74 Å². The third kappa shape index (κ3) is 4.81. The molecule has 1 aliphatic carbocycles. The van der Waals surface area contributed by atoms with Gasteiger partial charge in [0.25, 0.3) is 0 Å². The molecule has 0 aromatic heterocycles. The first kappa shape index (κ1) is 19.6. The molecule has 0 bridgehead atoms. The number of aryl methyl sites for hydroxylation is 2. The molecule has 3 aliphatic rings. The monoisotopic (exact) mass is 384 g/mol. The van der Waals surface area contributed by atoms with E-state index in [2.05, 4.69) is 17.0 Å². The zero-order valence-corrected chi connectivity index (χ0v) is 16.8. The second-order valence-electron chi connectivity index (χ2n) is 8.43. The highest BCUT2D eigenvalue weighted by molar-refractivity contribution is 5.98. The Labute approximate surface area is 168 Å². The average molecular weight is 385 g/mol. The number of ketones is 1. The summed E-state index contributed by atoms with van der Waals surface area (Å²) in [7, 11) is 0. The molecule has 4 rings (SSSR count). The highest BCUT2D eigenvalue weighted by Gasteiger charge is 2.25. The maximum atomic E-state index is 12.6. The third-order valence-electron chi connectivity index (χ3n) is 6.45. The number of hydrogen-bond donors (Lipinski definition) is 0. The summed E-state index contributed by atoms with van der Waals surface area (Å²) in [6, 6.07) is 6.11. The van der Waals surface area contributed by atoms with Crippen molar-refractivity contribution in [3.8, 4) is 0 Å². The Hall–Kier alpha value is -1.72. The minimum Gasteiger partial charge on any atom is -0.377 e. The molecular weight excluding hydrogens is 352 g/mol. The lowest BCUT2D eigenvalue weighted by Crippen LogP contribution is -2.50. The number of ether oxygens (including phenoxy) is 1. The summed E-state index contributed by atoms with van der Waals surface area (Å²) >= 11 is 0. The number of piperazine rings is 1. The summed E-state index contributed by atoms with van der Waals surface area (Å²) < 4.78 is 5.71. The van der Waals surface area contributed by atoms with Gasteiger partial charge >= 0.3 is 0 Å². The van der Waals surface area contributed by atoms with E-state index in [1.54, 1.807) is 0 Å². The van der Waals surface area contributed by atoms with Gasteiger partial charge in [-0.3, -0.25) is 14.5 Å². The van der Waals surface area contributed by atoms with E-state index in [0.29, 0.717) is 18.9 Å². The van der Waals surface area contributed by atoms with Crippen LogP contribution in [0.4, 0.5) is 0 Å². The Balaban J connectivity index is 1.21. The van der Waals surface area contributed by atoms with Crippen molar-refractivity contribution in [2.24, 2.45) is 0 Å². The Kier molecular flexibility index (Phi) is 6.43. The van der Waals surface area contributed by atoms with Gasteiger partial charge in [-0.1, -0.05) is 12.1 Å². The highest BCUT2D eigenvalue weighted by atomic mass is 16.5. The van der Waals surface area contributed by atoms with Crippen LogP contribution >= 0.6 is 0 Å². The van der Waals surface area contributed by atoms with Gasteiger partial charge in [-0.15, -0.1) is 0 Å². The van der Waals surface area contributed by atoms with Crippen molar-refractivity contribution >= 4 is 11.7 Å². The summed E-state index contributed by atoms with van der Waals surface area (Å²) in [6.07, 6.45) is 7.99. The summed E-state index contributed by atoms with van der Waals surface area (Å²) in [6.45, 7) is 5.21. The largest absolute Gasteiger partial charge is 0.377 e. The Morgan fingerprint density at radius 3 is 2.50 bits per heavy atom. The maximum Gasteiger partial charge on any atom is 0.223 e. The van der Waals surface area contributed by atoms with Crippen molar-refractivity contribution < 1.29 is 14.3 Å². The number of amides is 1. The molecule has 2 heterocycles. The van der Waals surface area contributed by atoms with Crippen LogP contribution in [-0.2, 0) is 22.4 Å². The molecule has 152 valence electrons. The zero-order valence-electron chi connectivity index (χ0n) is 16.8. The molecule has 0 radical (unpaired) electrons. The Bertz CT molecular complexity index is 704. The van der Waals surface area contributed by atoms with Crippen molar-refractivity contribution in [3.05, 3.63) is 34.9 Å². The summed E-state index contributed by atoms with van der Waals surface area (Å²) in [5.41, 5.74) is 3.49. The van der Waals surface area contributed by atoms with Crippen LogP contribution < -0.4 is 0 Å². The van der Waals surface area contributed by atoms with Crippen LogP contribution in [0, 0.1) is 0 Å². The molecule has 1 unspecified atom stereocenters. The molecule has 5 nitrogen and oxygen atoms in total. The smallest absolute Gasteiger partial charge is 0.223 e. The molecule has 1 amide bonds. The molecule has 2 fully saturated rings. The summed E-state index contributed by atoms with van der Waals surface area (Å²) in [4.78, 5) is 29.4. The van der Waals surface area contributed by atoms with E-state index in [-0.39, 0.29) is 11.7 Å². The first-order valence-electron chi connectivity index (χ1n) is 11.0. The number of nitrogens with zero attached hydrogens (tertiary/aromatic N) is 2. The number of rotatable bonds is 6. The standard InChI is InChI=1S/C23H32N2O3/c26-22(20-8-7-18-4-1-2-5-19(18)16-20)9-10-23(27)25-13-11-24(12-14-25)17-21-6-3-15-28-21/h7-8,16,21H,1-6,9-15,17H2. The predicted molar refractivity (Wildman–Crippen MR) is 109 cm³/mol. The van der Waals surface area contributed by atoms with E-state index >= 15 is 0 Å². The minimum absolute atomic E-state index is 0.0961. The fourth-order valence-corrected chi connectivity index (χ4v) is 4.69. The van der Waals surface area contributed by atoms with Crippen LogP contribution in [0.3, 0.4) is 0 Å². The molecule has 1 aromatic rings. The molecule has 5 heteroatoms. The number of carbonyl (C=O) groups excluding carboxylic acids is 2. The van der Waals surface area contributed by atoms with Gasteiger partial charge in [0.1, 0.15) is 0 Å². The Morgan fingerprint density at radius 2 is 1.75 bits per heavy atom. The lowest BCUT2D eigenvalue weighted by molar-refractivity contribution is -0.133. The van der Waals surface area contributed by atoms with Gasteiger partial charge in [0.2, 0.25) is 5.91 Å². The lowest BCUT2D eigenvalue weighted by atomic mass is 9.89. The third-order valence-corrected chi connectivity index (χ3v) is 6.45. The first-order chi connectivity index (χ1) is 13.7. The van der Waals surface area contributed by atoms with E-state index in [0.717, 1.165) is 64.2 Å². The number of fused-ring (bicyclic) bond motifs is 1. The van der Waals surface area contributed by atoms with Gasteiger partial charge in [0, 0.05) is 57.7 Å². The second kappa shape index (κ2) is 9.19. The van der Waals surface area contributed by atoms with Gasteiger partial charge in [0.05, 0.1) is 6.10 Å². The van der Waals surface area contributed by atoms with Crippen LogP contribution in [0.5, 0.6) is 0 Å². The molecule has 2 saturated heterocycles. The quantitative estimate of drug-likeness (QED) is 0.708. The van der Waals surface area contributed by atoms with Gasteiger partial charge < -0.3 is 9.64 Å². The van der Waals surface area contributed by atoms with Crippen LogP contribution in [0.2, 0.25) is 0 Å². The molecule has 0 N–H and O–H groups in total. The van der Waals surface area contributed by atoms with E-state index < -0.39 is 0 Å². The van der Waals surface area contributed by atoms with Gasteiger partial charge in [-0.2, -0.15) is 0 Å². The minimum atomic E-state index is 0.0961. The molecule has 0 saturated carbocycles. The van der Waals surface area contributed by atoms with Crippen LogP contribution in [0.15, 0.2) is 18.2 Å². The SMILES string of the molecule is O=C(CCC(=O)N1CCN(CC2CCCO2)CC1)c1ccc2c(c1)CCCC2. The van der Waals surface area contributed by atoms with Crippen molar-refractivity contribution in [1.82, 2.24) is 9.80 Å². The maximum absolute atomic E-state index is 12.6. The molecular formula is C23H32N2O3. The van der Waals surface area contributed by atoms with Crippen molar-refractivity contribution in [2.45, 2.75) is 57.5 Å². The average Bonchev–Trinajstić information content (AvgIpc) is 3.25. The van der Waals surface area contributed by atoms with Gasteiger partial charge in [0.15, 0.2) is 5.78 Å². The lowest BCUT2D eigenvalue weighted by Gasteiger charge is -2.35. The normalized spacial score (nSPS) is 22.9. The van der Waals surface area contributed by atoms with Gasteiger partial charge in [-0.25, -0.2) is 0 Å². The number of hydrogen-bond acceptors (Lipinski definition) is 4. The molecule has 1 aromatic carbocycles. The van der Waals surface area contributed by atoms with Crippen molar-refractivity contribution in [2.75, 3.05) is 39.3 Å². The summed E-state index contributed by atoms with van der Waals surface area (Å²) in [5, 5.41) is 0. The summed E-state index contributed by atoms with van der Waals surface area (Å²) in [5.74, 6) is 0.210. The van der Waals surface area contributed by atoms with E-state index in [1.165, 1.54) is 30.4 Å². The fraction of sp³-hybridized carbons (Fsp3) is 0.652. The fourth-order valence-electron chi connectivity index (χ4n) is 4.69. The zero-order chi connectivity index (χ0) is 19.3. The van der Waals surface area contributed by atoms with E-state index in [1.807, 2.05) is 11.0 Å². The highest BCUT2D eigenvalue weighted by Crippen LogP contribution is 2.23. The van der Waals surface area contributed by atoms with Crippen molar-refractivity contribution in [1.29, 1.82) is 0 Å². The van der Waals surface area contributed by atoms with Gasteiger partial charge in [-0.05, 0) is 55.7 Å². The second-order valence-corrected chi connectivity index (χ2v) is 8.43. The van der Waals surface area contributed by atoms with Crippen LogP contribution in [0.1, 0.15) is 60.0 Å². The number of carbonyl (C=O) groups is 2. The first-order valence-corrected chi connectivity index (χ1v) is 11.0. The van der Waals surface area contributed by atoms with E-state index in [9.17, 15) is 9.59 Å². The topological polar surface area (TPSA) is 49.9 Å². The predicted octanol–water partition coefficient (Wildman–Crippen LogP) is 2.85. The molecule has 28 heavy (non-hydrogen) atoms. The number of Topliss-reactive ketones (excluding diaryl/α,β-unsaturated/α-hetero) is 1.